The molecule has 2 aliphatic heterocycles. The van der Waals surface area contributed by atoms with Gasteiger partial charge in [-0.05, 0) is 51.6 Å². The van der Waals surface area contributed by atoms with Crippen molar-refractivity contribution in [2.24, 2.45) is 5.92 Å². The van der Waals surface area contributed by atoms with Crippen molar-refractivity contribution in [2.75, 3.05) is 32.8 Å². The predicted octanol–water partition coefficient (Wildman–Crippen LogP) is 0.710. The lowest BCUT2D eigenvalue weighted by atomic mass is 10.00. The molecule has 0 aliphatic carbocycles. The molecule has 0 saturated carbocycles. The first-order chi connectivity index (χ1) is 10.0. The average molecular weight is 319 g/mol. The molecule has 0 amide bonds. The highest BCUT2D eigenvalue weighted by Gasteiger charge is 2.31. The largest absolute Gasteiger partial charge is 0.378 e. The highest BCUT2D eigenvalue weighted by Crippen LogP contribution is 2.20. The maximum atomic E-state index is 12.5. The summed E-state index contributed by atoms with van der Waals surface area (Å²) in [5.74, 6) is 0.420. The molecule has 2 N–H and O–H groups in total. The quantitative estimate of drug-likeness (QED) is 0.756. The molecule has 3 atom stereocenters. The van der Waals surface area contributed by atoms with E-state index in [1.165, 1.54) is 0 Å². The lowest BCUT2D eigenvalue weighted by Gasteiger charge is -2.34. The lowest BCUT2D eigenvalue weighted by Crippen LogP contribution is -2.51. The fraction of sp³-hybridized carbons (Fsp3) is 1.00. The number of rotatable bonds is 6. The molecule has 21 heavy (non-hydrogen) atoms. The third-order valence-electron chi connectivity index (χ3n) is 4.31. The number of hydrogen-bond acceptors (Lipinski definition) is 4. The molecule has 3 unspecified atom stereocenters. The zero-order valence-electron chi connectivity index (χ0n) is 13.2. The summed E-state index contributed by atoms with van der Waals surface area (Å²) in [6, 6.07) is 0.00731. The molecular formula is C14H29N3O3S. The van der Waals surface area contributed by atoms with Crippen LogP contribution in [0.15, 0.2) is 0 Å². The smallest absolute Gasteiger partial charge is 0.279 e. The van der Waals surface area contributed by atoms with Crippen molar-refractivity contribution in [1.29, 1.82) is 0 Å². The van der Waals surface area contributed by atoms with Gasteiger partial charge in [0.05, 0.1) is 6.10 Å². The fourth-order valence-electron chi connectivity index (χ4n) is 3.15. The van der Waals surface area contributed by atoms with Crippen LogP contribution in [0.25, 0.3) is 0 Å². The van der Waals surface area contributed by atoms with Crippen molar-refractivity contribution in [2.45, 2.75) is 51.7 Å². The Morgan fingerprint density at radius 2 is 2.14 bits per heavy atom. The van der Waals surface area contributed by atoms with E-state index >= 15 is 0 Å². The molecule has 2 fully saturated rings. The number of nitrogens with zero attached hydrogens (tertiary/aromatic N) is 1. The Hall–Kier alpha value is -0.210. The van der Waals surface area contributed by atoms with Gasteiger partial charge >= 0.3 is 0 Å². The molecule has 2 aliphatic rings. The van der Waals surface area contributed by atoms with Crippen LogP contribution < -0.4 is 10.0 Å². The Kier molecular flexibility index (Phi) is 6.43. The van der Waals surface area contributed by atoms with Crippen LogP contribution in [0.2, 0.25) is 0 Å². The Bertz CT molecular complexity index is 416. The van der Waals surface area contributed by atoms with Gasteiger partial charge in [-0.1, -0.05) is 6.92 Å². The first-order valence-corrected chi connectivity index (χ1v) is 9.55. The van der Waals surface area contributed by atoms with Crippen molar-refractivity contribution >= 4 is 10.2 Å². The highest BCUT2D eigenvalue weighted by atomic mass is 32.2. The van der Waals surface area contributed by atoms with E-state index in [9.17, 15) is 8.42 Å². The van der Waals surface area contributed by atoms with E-state index in [-0.39, 0.29) is 12.1 Å². The minimum Gasteiger partial charge on any atom is -0.378 e. The predicted molar refractivity (Wildman–Crippen MR) is 83.3 cm³/mol. The SMILES string of the molecule is CCNCC1CCCN(S(=O)(=O)NC2CCOC(C)C2)C1. The lowest BCUT2D eigenvalue weighted by molar-refractivity contribution is 0.0170. The molecule has 6 nitrogen and oxygen atoms in total. The maximum Gasteiger partial charge on any atom is 0.279 e. The van der Waals surface area contributed by atoms with Crippen molar-refractivity contribution < 1.29 is 13.2 Å². The molecule has 0 aromatic carbocycles. The van der Waals surface area contributed by atoms with Gasteiger partial charge in [0.1, 0.15) is 0 Å². The molecule has 0 bridgehead atoms. The normalized spacial score (nSPS) is 32.2. The number of nitrogens with one attached hydrogen (secondary N) is 2. The van der Waals surface area contributed by atoms with Gasteiger partial charge in [-0.3, -0.25) is 0 Å². The zero-order chi connectivity index (χ0) is 15.3. The van der Waals surface area contributed by atoms with Crippen LogP contribution in [0.1, 0.15) is 39.5 Å². The minimum atomic E-state index is -3.36. The number of hydrogen-bond donors (Lipinski definition) is 2. The Morgan fingerprint density at radius 3 is 2.86 bits per heavy atom. The second-order valence-electron chi connectivity index (χ2n) is 6.20. The minimum absolute atomic E-state index is 0.00731. The number of piperidine rings is 1. The van der Waals surface area contributed by atoms with Gasteiger partial charge in [-0.25, -0.2) is 0 Å². The van der Waals surface area contributed by atoms with Crippen LogP contribution in [-0.2, 0) is 14.9 Å². The van der Waals surface area contributed by atoms with Crippen molar-refractivity contribution in [3.8, 4) is 0 Å². The maximum absolute atomic E-state index is 12.5. The first kappa shape index (κ1) is 17.1. The van der Waals surface area contributed by atoms with E-state index in [1.54, 1.807) is 4.31 Å². The van der Waals surface area contributed by atoms with E-state index in [0.29, 0.717) is 25.6 Å². The third kappa shape index (κ3) is 5.17. The van der Waals surface area contributed by atoms with E-state index in [2.05, 4.69) is 17.0 Å². The fourth-order valence-corrected chi connectivity index (χ4v) is 4.71. The molecular weight excluding hydrogens is 290 g/mol. The van der Waals surface area contributed by atoms with Gasteiger partial charge in [0, 0.05) is 25.7 Å². The van der Waals surface area contributed by atoms with Crippen molar-refractivity contribution in [1.82, 2.24) is 14.3 Å². The average Bonchev–Trinajstić information content (AvgIpc) is 2.45. The Morgan fingerprint density at radius 1 is 1.33 bits per heavy atom. The van der Waals surface area contributed by atoms with E-state index in [0.717, 1.165) is 38.8 Å². The van der Waals surface area contributed by atoms with Crippen LogP contribution in [0.4, 0.5) is 0 Å². The van der Waals surface area contributed by atoms with Crippen LogP contribution in [0, 0.1) is 5.92 Å². The molecule has 7 heteroatoms. The first-order valence-electron chi connectivity index (χ1n) is 8.11. The third-order valence-corrected chi connectivity index (χ3v) is 5.95. The summed E-state index contributed by atoms with van der Waals surface area (Å²) >= 11 is 0. The molecule has 0 spiro atoms. The summed E-state index contributed by atoms with van der Waals surface area (Å²) in [5, 5.41) is 3.32. The second kappa shape index (κ2) is 7.87. The molecule has 0 radical (unpaired) electrons. The summed E-state index contributed by atoms with van der Waals surface area (Å²) in [5.41, 5.74) is 0. The van der Waals surface area contributed by atoms with Crippen LogP contribution in [-0.4, -0.2) is 57.7 Å². The molecule has 0 aromatic heterocycles. The van der Waals surface area contributed by atoms with Gasteiger partial charge in [-0.2, -0.15) is 17.4 Å². The Labute approximate surface area is 128 Å². The highest BCUT2D eigenvalue weighted by molar-refractivity contribution is 7.87. The molecule has 124 valence electrons. The van der Waals surface area contributed by atoms with Gasteiger partial charge in [0.25, 0.3) is 10.2 Å². The summed E-state index contributed by atoms with van der Waals surface area (Å²) in [6.45, 7) is 7.80. The molecule has 2 rings (SSSR count). The second-order valence-corrected chi connectivity index (χ2v) is 7.90. The molecule has 2 saturated heterocycles. The van der Waals surface area contributed by atoms with Crippen molar-refractivity contribution in [3.63, 3.8) is 0 Å². The van der Waals surface area contributed by atoms with E-state index < -0.39 is 10.2 Å². The Balaban J connectivity index is 1.88. The summed E-state index contributed by atoms with van der Waals surface area (Å²) in [7, 11) is -3.36. The zero-order valence-corrected chi connectivity index (χ0v) is 14.0. The summed E-state index contributed by atoms with van der Waals surface area (Å²) in [4.78, 5) is 0. The number of ether oxygens (including phenoxy) is 1. The van der Waals surface area contributed by atoms with Crippen LogP contribution in [0.5, 0.6) is 0 Å². The van der Waals surface area contributed by atoms with Crippen LogP contribution in [0.3, 0.4) is 0 Å². The van der Waals surface area contributed by atoms with E-state index in [4.69, 9.17) is 4.74 Å². The van der Waals surface area contributed by atoms with Gasteiger partial charge in [0.2, 0.25) is 0 Å². The van der Waals surface area contributed by atoms with E-state index in [1.807, 2.05) is 6.92 Å². The summed E-state index contributed by atoms with van der Waals surface area (Å²) in [6.07, 6.45) is 3.70. The molecule has 2 heterocycles. The van der Waals surface area contributed by atoms with Gasteiger partial charge in [-0.15, -0.1) is 0 Å². The van der Waals surface area contributed by atoms with Crippen molar-refractivity contribution in [3.05, 3.63) is 0 Å². The summed E-state index contributed by atoms with van der Waals surface area (Å²) < 4.78 is 35.0. The van der Waals surface area contributed by atoms with Gasteiger partial charge in [0.15, 0.2) is 0 Å². The molecule has 0 aromatic rings. The van der Waals surface area contributed by atoms with Gasteiger partial charge < -0.3 is 10.1 Å². The standard InChI is InChI=1S/C14H29N3O3S/c1-3-15-10-13-5-4-7-17(11-13)21(18,19)16-14-6-8-20-12(2)9-14/h12-16H,3-11H2,1-2H3. The monoisotopic (exact) mass is 319 g/mol. The van der Waals surface area contributed by atoms with Crippen LogP contribution >= 0.6 is 0 Å². The topological polar surface area (TPSA) is 70.7 Å².